The fraction of sp³-hybridized carbons (Fsp3) is 0.833. The van der Waals surface area contributed by atoms with Crippen molar-refractivity contribution in [3.63, 3.8) is 0 Å². The van der Waals surface area contributed by atoms with E-state index >= 15 is 0 Å². The Kier molecular flexibility index (Phi) is 1.66. The van der Waals surface area contributed by atoms with Gasteiger partial charge in [0.15, 0.2) is 6.04 Å². The van der Waals surface area contributed by atoms with Crippen molar-refractivity contribution in [1.29, 1.82) is 0 Å². The lowest BCUT2D eigenvalue weighted by atomic mass is 10.2. The fourth-order valence-corrected chi connectivity index (χ4v) is 0.865. The van der Waals surface area contributed by atoms with Gasteiger partial charge in [0.2, 0.25) is 0 Å². The Morgan fingerprint density at radius 2 is 2.40 bits per heavy atom. The summed E-state index contributed by atoms with van der Waals surface area (Å²) in [5.74, 6) is -0.385. The molecule has 0 aliphatic carbocycles. The van der Waals surface area contributed by atoms with Crippen LogP contribution in [0.25, 0.3) is 0 Å². The van der Waals surface area contributed by atoms with Gasteiger partial charge < -0.3 is 14.6 Å². The van der Waals surface area contributed by atoms with Gasteiger partial charge in [0, 0.05) is 0 Å². The molecule has 2 unspecified atom stereocenters. The third-order valence-corrected chi connectivity index (χ3v) is 1.94. The molecule has 1 rings (SSSR count). The number of hydroxylamine groups is 3. The minimum absolute atomic E-state index is 0.253. The van der Waals surface area contributed by atoms with Gasteiger partial charge >= 0.3 is 5.97 Å². The standard InChI is InChI=1S/C6H11NO3/c1-5-6(8)10-4-3-7(5,2)9/h5H,3-4H2,1-2H3. The number of nitrogens with zero attached hydrogens (tertiary/aromatic N) is 1. The Morgan fingerprint density at radius 1 is 1.80 bits per heavy atom. The van der Waals surface area contributed by atoms with Crippen molar-refractivity contribution >= 4 is 5.97 Å². The van der Waals surface area contributed by atoms with Crippen LogP contribution >= 0.6 is 0 Å². The molecule has 0 aromatic carbocycles. The fourth-order valence-electron chi connectivity index (χ4n) is 0.865. The molecule has 10 heavy (non-hydrogen) atoms. The van der Waals surface area contributed by atoms with Crippen molar-refractivity contribution in [2.75, 3.05) is 20.2 Å². The Morgan fingerprint density at radius 3 is 2.80 bits per heavy atom. The van der Waals surface area contributed by atoms with Crippen LogP contribution in [-0.4, -0.2) is 36.9 Å². The van der Waals surface area contributed by atoms with Gasteiger partial charge in [0.05, 0.1) is 7.05 Å². The zero-order valence-electron chi connectivity index (χ0n) is 6.16. The summed E-state index contributed by atoms with van der Waals surface area (Å²) in [7, 11) is 1.49. The monoisotopic (exact) mass is 145 g/mol. The summed E-state index contributed by atoms with van der Waals surface area (Å²) in [4.78, 5) is 10.8. The summed E-state index contributed by atoms with van der Waals surface area (Å²) in [5.41, 5.74) is 0. The molecule has 1 saturated heterocycles. The third kappa shape index (κ3) is 1.12. The van der Waals surface area contributed by atoms with Crippen LogP contribution in [0.15, 0.2) is 0 Å². The topological polar surface area (TPSA) is 49.4 Å². The summed E-state index contributed by atoms with van der Waals surface area (Å²) in [5, 5.41) is 11.3. The minimum Gasteiger partial charge on any atom is -0.632 e. The summed E-state index contributed by atoms with van der Waals surface area (Å²) < 4.78 is 4.17. The van der Waals surface area contributed by atoms with Crippen LogP contribution in [0, 0.1) is 5.21 Å². The number of cyclic esters (lactones) is 1. The Bertz CT molecular complexity index is 155. The van der Waals surface area contributed by atoms with E-state index in [-0.39, 0.29) is 12.6 Å². The second-order valence-electron chi connectivity index (χ2n) is 2.74. The van der Waals surface area contributed by atoms with Crippen LogP contribution in [0.5, 0.6) is 0 Å². The molecule has 0 radical (unpaired) electrons. The number of hydrogen-bond donors (Lipinski definition) is 0. The number of morpholine rings is 1. The van der Waals surface area contributed by atoms with Crippen LogP contribution in [0.3, 0.4) is 0 Å². The van der Waals surface area contributed by atoms with Crippen molar-refractivity contribution in [2.24, 2.45) is 0 Å². The van der Waals surface area contributed by atoms with Gasteiger partial charge in [-0.2, -0.15) is 0 Å². The number of rotatable bonds is 0. The first kappa shape index (κ1) is 7.50. The number of quaternary nitrogens is 1. The molecule has 0 N–H and O–H groups in total. The van der Waals surface area contributed by atoms with Crippen LogP contribution < -0.4 is 0 Å². The lowest BCUT2D eigenvalue weighted by Gasteiger charge is -2.44. The third-order valence-electron chi connectivity index (χ3n) is 1.94. The number of likely N-dealkylation sites (N-methyl/N-ethyl adjacent to an activating group) is 1. The van der Waals surface area contributed by atoms with Gasteiger partial charge in [-0.3, -0.25) is 0 Å². The number of carbonyl (C=O) groups is 1. The van der Waals surface area contributed by atoms with Crippen molar-refractivity contribution in [3.05, 3.63) is 5.21 Å². The number of ether oxygens (including phenoxy) is 1. The molecule has 1 heterocycles. The van der Waals surface area contributed by atoms with E-state index in [9.17, 15) is 10.0 Å². The van der Waals surface area contributed by atoms with E-state index < -0.39 is 10.7 Å². The van der Waals surface area contributed by atoms with Crippen LogP contribution in [0.2, 0.25) is 0 Å². The Labute approximate surface area is 59.6 Å². The van der Waals surface area contributed by atoms with Crippen molar-refractivity contribution < 1.29 is 14.2 Å². The molecule has 0 aromatic heterocycles. The van der Waals surface area contributed by atoms with Crippen molar-refractivity contribution in [1.82, 2.24) is 0 Å². The maximum absolute atomic E-state index is 11.3. The van der Waals surface area contributed by atoms with Gasteiger partial charge in [0.1, 0.15) is 13.2 Å². The summed E-state index contributed by atoms with van der Waals surface area (Å²) in [6, 6.07) is -0.561. The molecule has 4 nitrogen and oxygen atoms in total. The molecular formula is C6H11NO3. The highest BCUT2D eigenvalue weighted by Crippen LogP contribution is 2.13. The highest BCUT2D eigenvalue weighted by Gasteiger charge is 2.32. The van der Waals surface area contributed by atoms with E-state index in [1.54, 1.807) is 6.92 Å². The van der Waals surface area contributed by atoms with E-state index in [1.165, 1.54) is 7.05 Å². The largest absolute Gasteiger partial charge is 0.632 e. The van der Waals surface area contributed by atoms with Crippen molar-refractivity contribution in [2.45, 2.75) is 13.0 Å². The van der Waals surface area contributed by atoms with E-state index in [0.29, 0.717) is 6.54 Å². The molecule has 1 fully saturated rings. The van der Waals surface area contributed by atoms with Crippen molar-refractivity contribution in [3.8, 4) is 0 Å². The SMILES string of the molecule is CC1C(=O)OCC[N+]1(C)[O-]. The summed E-state index contributed by atoms with van der Waals surface area (Å²) >= 11 is 0. The molecule has 0 aromatic rings. The molecule has 0 spiro atoms. The molecule has 1 aliphatic heterocycles. The lowest BCUT2D eigenvalue weighted by molar-refractivity contribution is -0.880. The minimum atomic E-state index is -0.561. The van der Waals surface area contributed by atoms with E-state index in [1.807, 2.05) is 0 Å². The molecule has 1 aliphatic rings. The summed E-state index contributed by atoms with van der Waals surface area (Å²) in [6.07, 6.45) is 0. The molecule has 2 atom stereocenters. The number of hydrogen-bond acceptors (Lipinski definition) is 3. The van der Waals surface area contributed by atoms with E-state index in [4.69, 9.17) is 0 Å². The maximum atomic E-state index is 11.3. The van der Waals surface area contributed by atoms with Crippen LogP contribution in [-0.2, 0) is 9.53 Å². The number of carbonyl (C=O) groups excluding carboxylic acids is 1. The maximum Gasteiger partial charge on any atom is 0.365 e. The summed E-state index contributed by atoms with van der Waals surface area (Å²) in [6.45, 7) is 2.21. The van der Waals surface area contributed by atoms with E-state index in [2.05, 4.69) is 4.74 Å². The molecule has 58 valence electrons. The van der Waals surface area contributed by atoms with Gasteiger partial charge in [-0.25, -0.2) is 4.79 Å². The first-order valence-electron chi connectivity index (χ1n) is 3.27. The van der Waals surface area contributed by atoms with Gasteiger partial charge in [-0.1, -0.05) is 0 Å². The Balaban J connectivity index is 2.69. The van der Waals surface area contributed by atoms with E-state index in [0.717, 1.165) is 0 Å². The predicted molar refractivity (Wildman–Crippen MR) is 34.8 cm³/mol. The highest BCUT2D eigenvalue weighted by molar-refractivity contribution is 5.74. The average molecular weight is 145 g/mol. The Hall–Kier alpha value is -0.610. The normalized spacial score (nSPS) is 41.1. The van der Waals surface area contributed by atoms with Gasteiger partial charge in [0.25, 0.3) is 0 Å². The zero-order valence-corrected chi connectivity index (χ0v) is 6.16. The van der Waals surface area contributed by atoms with Crippen LogP contribution in [0.4, 0.5) is 0 Å². The number of esters is 1. The molecule has 0 bridgehead atoms. The first-order chi connectivity index (χ1) is 4.54. The van der Waals surface area contributed by atoms with Crippen LogP contribution in [0.1, 0.15) is 6.92 Å². The zero-order chi connectivity index (χ0) is 7.78. The molecular weight excluding hydrogens is 134 g/mol. The molecule has 0 saturated carbocycles. The van der Waals surface area contributed by atoms with Gasteiger partial charge in [-0.15, -0.1) is 0 Å². The lowest BCUT2D eigenvalue weighted by Crippen LogP contribution is -2.56. The second-order valence-corrected chi connectivity index (χ2v) is 2.74. The predicted octanol–water partition coefficient (Wildman–Crippen LogP) is -0.124. The first-order valence-corrected chi connectivity index (χ1v) is 3.27. The molecule has 4 heteroatoms. The highest BCUT2D eigenvalue weighted by atomic mass is 16.6. The smallest absolute Gasteiger partial charge is 0.365 e. The second kappa shape index (κ2) is 2.21. The van der Waals surface area contributed by atoms with Gasteiger partial charge in [-0.05, 0) is 6.92 Å². The quantitative estimate of drug-likeness (QED) is 0.271. The average Bonchev–Trinajstić information content (AvgIpc) is 1.83. The molecule has 0 amide bonds.